The van der Waals surface area contributed by atoms with E-state index in [1.807, 2.05) is 0 Å². The summed E-state index contributed by atoms with van der Waals surface area (Å²) in [5, 5.41) is 3.83. The van der Waals surface area contributed by atoms with Crippen molar-refractivity contribution in [1.29, 1.82) is 0 Å². The van der Waals surface area contributed by atoms with Gasteiger partial charge in [-0.25, -0.2) is 0 Å². The van der Waals surface area contributed by atoms with Gasteiger partial charge in [-0.1, -0.05) is 67.4 Å². The monoisotopic (exact) mass is 279 g/mol. The molecule has 21 heavy (non-hydrogen) atoms. The van der Waals surface area contributed by atoms with Gasteiger partial charge in [-0.15, -0.1) is 0 Å². The number of hydrogen-bond donors (Lipinski definition) is 1. The van der Waals surface area contributed by atoms with Gasteiger partial charge in [-0.2, -0.15) is 0 Å². The van der Waals surface area contributed by atoms with E-state index in [1.54, 1.807) is 0 Å². The molecule has 3 rings (SSSR count). The van der Waals surface area contributed by atoms with Gasteiger partial charge in [0.15, 0.2) is 0 Å². The first kappa shape index (κ1) is 14.3. The first-order valence-electron chi connectivity index (χ1n) is 8.17. The summed E-state index contributed by atoms with van der Waals surface area (Å²) in [6.45, 7) is 3.19. The van der Waals surface area contributed by atoms with Gasteiger partial charge in [0, 0.05) is 12.6 Å². The van der Waals surface area contributed by atoms with Crippen LogP contribution in [-0.2, 0) is 6.54 Å². The van der Waals surface area contributed by atoms with Gasteiger partial charge >= 0.3 is 0 Å². The van der Waals surface area contributed by atoms with Crippen molar-refractivity contribution >= 4 is 0 Å². The van der Waals surface area contributed by atoms with Crippen LogP contribution < -0.4 is 5.32 Å². The number of aryl methyl sites for hydroxylation is 1. The maximum atomic E-state index is 3.83. The Hall–Kier alpha value is -1.60. The van der Waals surface area contributed by atoms with Gasteiger partial charge in [-0.3, -0.25) is 0 Å². The van der Waals surface area contributed by atoms with E-state index < -0.39 is 0 Å². The first-order chi connectivity index (χ1) is 10.3. The minimum absolute atomic E-state index is 0.612. The minimum Gasteiger partial charge on any atom is -0.309 e. The Balaban J connectivity index is 1.69. The molecule has 1 heteroatoms. The quantitative estimate of drug-likeness (QED) is 0.846. The highest BCUT2D eigenvalue weighted by atomic mass is 14.9. The van der Waals surface area contributed by atoms with Crippen LogP contribution in [0.15, 0.2) is 54.6 Å². The van der Waals surface area contributed by atoms with Gasteiger partial charge in [-0.05, 0) is 42.4 Å². The highest BCUT2D eigenvalue weighted by Gasteiger charge is 2.25. The molecule has 2 aromatic rings. The van der Waals surface area contributed by atoms with Crippen LogP contribution >= 0.6 is 0 Å². The lowest BCUT2D eigenvalue weighted by Crippen LogP contribution is -2.36. The fourth-order valence-electron chi connectivity index (χ4n) is 3.52. The Labute approximate surface area is 128 Å². The van der Waals surface area contributed by atoms with Gasteiger partial charge in [0.2, 0.25) is 0 Å². The Morgan fingerprint density at radius 3 is 2.43 bits per heavy atom. The number of rotatable bonds is 4. The molecule has 0 aromatic heterocycles. The lowest BCUT2D eigenvalue weighted by atomic mass is 9.80. The standard InChI is InChI=1S/C20H25N/c1-16-9-5-6-12-18(16)15-21-20-14-8-7-13-19(20)17-10-3-2-4-11-17/h2-6,9-12,19-21H,7-8,13-15H2,1H3. The summed E-state index contributed by atoms with van der Waals surface area (Å²) in [5.74, 6) is 0.670. The van der Waals surface area contributed by atoms with E-state index in [0.717, 1.165) is 6.54 Å². The van der Waals surface area contributed by atoms with Gasteiger partial charge < -0.3 is 5.32 Å². The van der Waals surface area contributed by atoms with Crippen LogP contribution in [0.2, 0.25) is 0 Å². The largest absolute Gasteiger partial charge is 0.309 e. The fraction of sp³-hybridized carbons (Fsp3) is 0.400. The third-order valence-electron chi connectivity index (χ3n) is 4.81. The second kappa shape index (κ2) is 6.91. The molecule has 110 valence electrons. The van der Waals surface area contributed by atoms with Crippen LogP contribution in [0.3, 0.4) is 0 Å². The average molecular weight is 279 g/mol. The Bertz CT molecular complexity index is 561. The molecule has 2 atom stereocenters. The number of nitrogens with one attached hydrogen (secondary N) is 1. The molecular formula is C20H25N. The van der Waals surface area contributed by atoms with Crippen molar-refractivity contribution in [2.45, 2.75) is 51.1 Å². The summed E-state index contributed by atoms with van der Waals surface area (Å²) in [4.78, 5) is 0. The minimum atomic E-state index is 0.612. The second-order valence-electron chi connectivity index (χ2n) is 6.22. The van der Waals surface area contributed by atoms with E-state index in [2.05, 4.69) is 66.8 Å². The smallest absolute Gasteiger partial charge is 0.0210 e. The second-order valence-corrected chi connectivity index (χ2v) is 6.22. The summed E-state index contributed by atoms with van der Waals surface area (Å²) in [7, 11) is 0. The molecular weight excluding hydrogens is 254 g/mol. The normalized spacial score (nSPS) is 22.1. The maximum Gasteiger partial charge on any atom is 0.0210 e. The third-order valence-corrected chi connectivity index (χ3v) is 4.81. The molecule has 1 fully saturated rings. The summed E-state index contributed by atoms with van der Waals surface area (Å²) in [6.07, 6.45) is 5.33. The van der Waals surface area contributed by atoms with Crippen molar-refractivity contribution in [3.05, 3.63) is 71.3 Å². The van der Waals surface area contributed by atoms with E-state index in [0.29, 0.717) is 12.0 Å². The molecule has 0 radical (unpaired) electrons. The van der Waals surface area contributed by atoms with E-state index in [4.69, 9.17) is 0 Å². The SMILES string of the molecule is Cc1ccccc1CNC1CCCCC1c1ccccc1. The summed E-state index contributed by atoms with van der Waals surface area (Å²) in [5.41, 5.74) is 4.31. The van der Waals surface area contributed by atoms with Crippen LogP contribution in [0.25, 0.3) is 0 Å². The zero-order valence-electron chi connectivity index (χ0n) is 12.9. The van der Waals surface area contributed by atoms with Crippen LogP contribution in [-0.4, -0.2) is 6.04 Å². The molecule has 2 aromatic carbocycles. The van der Waals surface area contributed by atoms with Crippen molar-refractivity contribution in [3.63, 3.8) is 0 Å². The van der Waals surface area contributed by atoms with Crippen molar-refractivity contribution in [3.8, 4) is 0 Å². The first-order valence-corrected chi connectivity index (χ1v) is 8.17. The summed E-state index contributed by atoms with van der Waals surface area (Å²) in [6, 6.07) is 20.3. The molecule has 1 aliphatic carbocycles. The highest BCUT2D eigenvalue weighted by molar-refractivity contribution is 5.26. The highest BCUT2D eigenvalue weighted by Crippen LogP contribution is 2.33. The third kappa shape index (κ3) is 3.54. The van der Waals surface area contributed by atoms with Crippen LogP contribution in [0.5, 0.6) is 0 Å². The van der Waals surface area contributed by atoms with Crippen LogP contribution in [0.1, 0.15) is 48.3 Å². The molecule has 0 spiro atoms. The Morgan fingerprint density at radius 1 is 0.905 bits per heavy atom. The lowest BCUT2D eigenvalue weighted by molar-refractivity contribution is 0.326. The van der Waals surface area contributed by atoms with Gasteiger partial charge in [0.1, 0.15) is 0 Å². The fourth-order valence-corrected chi connectivity index (χ4v) is 3.52. The Kier molecular flexibility index (Phi) is 4.72. The lowest BCUT2D eigenvalue weighted by Gasteiger charge is -2.33. The van der Waals surface area contributed by atoms with Crippen molar-refractivity contribution in [2.75, 3.05) is 0 Å². The molecule has 0 saturated heterocycles. The molecule has 2 unspecified atom stereocenters. The zero-order valence-corrected chi connectivity index (χ0v) is 12.9. The molecule has 1 aliphatic rings. The molecule has 1 N–H and O–H groups in total. The van der Waals surface area contributed by atoms with E-state index in [-0.39, 0.29) is 0 Å². The van der Waals surface area contributed by atoms with Crippen LogP contribution in [0.4, 0.5) is 0 Å². The number of benzene rings is 2. The maximum absolute atomic E-state index is 3.83. The molecule has 0 bridgehead atoms. The van der Waals surface area contributed by atoms with Crippen molar-refractivity contribution in [2.24, 2.45) is 0 Å². The topological polar surface area (TPSA) is 12.0 Å². The zero-order chi connectivity index (χ0) is 14.5. The summed E-state index contributed by atoms with van der Waals surface area (Å²) >= 11 is 0. The molecule has 1 nitrogen and oxygen atoms in total. The van der Waals surface area contributed by atoms with E-state index >= 15 is 0 Å². The van der Waals surface area contributed by atoms with Crippen LogP contribution in [0, 0.1) is 6.92 Å². The van der Waals surface area contributed by atoms with E-state index in [9.17, 15) is 0 Å². The average Bonchev–Trinajstić information content (AvgIpc) is 2.55. The molecule has 0 heterocycles. The van der Waals surface area contributed by atoms with Gasteiger partial charge in [0.05, 0.1) is 0 Å². The predicted octanol–water partition coefficient (Wildman–Crippen LogP) is 4.81. The summed E-state index contributed by atoms with van der Waals surface area (Å²) < 4.78 is 0. The van der Waals surface area contributed by atoms with Crippen molar-refractivity contribution in [1.82, 2.24) is 5.32 Å². The molecule has 1 saturated carbocycles. The molecule has 0 amide bonds. The van der Waals surface area contributed by atoms with Gasteiger partial charge in [0.25, 0.3) is 0 Å². The number of hydrogen-bond acceptors (Lipinski definition) is 1. The van der Waals surface area contributed by atoms with E-state index in [1.165, 1.54) is 42.4 Å². The molecule has 0 aliphatic heterocycles. The Morgan fingerprint density at radius 2 is 1.62 bits per heavy atom. The predicted molar refractivity (Wildman–Crippen MR) is 89.5 cm³/mol. The van der Waals surface area contributed by atoms with Crippen molar-refractivity contribution < 1.29 is 0 Å².